The Morgan fingerprint density at radius 3 is 1.52 bits per heavy atom. The fourth-order valence-corrected chi connectivity index (χ4v) is 3.64. The maximum Gasteiger partial charge on any atom is 0.186 e. The summed E-state index contributed by atoms with van der Waals surface area (Å²) in [4.78, 5) is 22.9. The van der Waals surface area contributed by atoms with Crippen LogP contribution >= 0.6 is 47.8 Å². The number of benzene rings is 3. The van der Waals surface area contributed by atoms with Gasteiger partial charge in [-0.05, 0) is 67.5 Å². The van der Waals surface area contributed by atoms with Crippen molar-refractivity contribution >= 4 is 64.9 Å². The summed E-state index contributed by atoms with van der Waals surface area (Å²) < 4.78 is 2.86. The van der Waals surface area contributed by atoms with E-state index in [9.17, 15) is 9.59 Å². The van der Waals surface area contributed by atoms with Gasteiger partial charge in [0, 0.05) is 24.5 Å². The molecule has 0 amide bonds. The van der Waals surface area contributed by atoms with E-state index < -0.39 is 0 Å². The lowest BCUT2D eigenvalue weighted by molar-refractivity contribution is 0.101. The van der Waals surface area contributed by atoms with Gasteiger partial charge in [0.2, 0.25) is 0 Å². The number of hydrogen-bond donors (Lipinski definition) is 0. The minimum Gasteiger partial charge on any atom is -0.295 e. The minimum absolute atomic E-state index is 0.0128. The SMILES string of the molecule is C/C(=C\C(=O)c1cccc(Br)c1)c1cccc(Br)c1.CC(=O)c1cccc(Br)c1. The molecular formula is C24H19Br3O2. The molecule has 148 valence electrons. The van der Waals surface area contributed by atoms with Crippen molar-refractivity contribution in [2.45, 2.75) is 13.8 Å². The van der Waals surface area contributed by atoms with Crippen LogP contribution in [-0.2, 0) is 0 Å². The first kappa shape index (κ1) is 23.5. The summed E-state index contributed by atoms with van der Waals surface area (Å²) in [5.74, 6) is 0.111. The molecule has 0 fully saturated rings. The first-order valence-corrected chi connectivity index (χ1v) is 11.1. The predicted molar refractivity (Wildman–Crippen MR) is 130 cm³/mol. The zero-order valence-electron chi connectivity index (χ0n) is 16.0. The van der Waals surface area contributed by atoms with Crippen LogP contribution in [0.4, 0.5) is 0 Å². The van der Waals surface area contributed by atoms with Crippen LogP contribution in [-0.4, -0.2) is 11.6 Å². The summed E-state index contributed by atoms with van der Waals surface area (Å²) in [5.41, 5.74) is 3.42. The lowest BCUT2D eigenvalue weighted by Gasteiger charge is -2.03. The number of allylic oxidation sites excluding steroid dienone is 2. The van der Waals surface area contributed by atoms with Gasteiger partial charge in [-0.1, -0.05) is 84.2 Å². The molecule has 0 N–H and O–H groups in total. The molecule has 0 bridgehead atoms. The molecule has 5 heteroatoms. The van der Waals surface area contributed by atoms with Gasteiger partial charge in [0.25, 0.3) is 0 Å². The van der Waals surface area contributed by atoms with Crippen molar-refractivity contribution in [1.82, 2.24) is 0 Å². The first-order chi connectivity index (χ1) is 13.8. The van der Waals surface area contributed by atoms with Crippen molar-refractivity contribution in [3.8, 4) is 0 Å². The average molecular weight is 579 g/mol. The molecule has 0 heterocycles. The van der Waals surface area contributed by atoms with Crippen LogP contribution < -0.4 is 0 Å². The van der Waals surface area contributed by atoms with Crippen LogP contribution in [0.5, 0.6) is 0 Å². The Labute approximate surface area is 196 Å². The smallest absolute Gasteiger partial charge is 0.186 e. The molecule has 0 spiro atoms. The number of carbonyl (C=O) groups excluding carboxylic acids is 2. The molecular weight excluding hydrogens is 560 g/mol. The number of Topliss-reactive ketones (excluding diaryl/α,β-unsaturated/α-hetero) is 1. The predicted octanol–water partition coefficient (Wildman–Crippen LogP) is 8.15. The highest BCUT2D eigenvalue weighted by molar-refractivity contribution is 9.11. The molecule has 3 aromatic rings. The summed E-state index contributed by atoms with van der Waals surface area (Å²) in [5, 5.41) is 0. The van der Waals surface area contributed by atoms with E-state index in [1.54, 1.807) is 19.1 Å². The molecule has 0 unspecified atom stereocenters. The third-order valence-electron chi connectivity index (χ3n) is 3.97. The second-order valence-electron chi connectivity index (χ2n) is 6.28. The number of carbonyl (C=O) groups is 2. The topological polar surface area (TPSA) is 34.1 Å². The fourth-order valence-electron chi connectivity index (χ4n) is 2.45. The second-order valence-corrected chi connectivity index (χ2v) is 9.03. The van der Waals surface area contributed by atoms with Gasteiger partial charge in [-0.3, -0.25) is 9.59 Å². The van der Waals surface area contributed by atoms with Gasteiger partial charge in [-0.25, -0.2) is 0 Å². The van der Waals surface area contributed by atoms with Gasteiger partial charge in [0.05, 0.1) is 0 Å². The van der Waals surface area contributed by atoms with E-state index in [0.717, 1.165) is 30.1 Å². The minimum atomic E-state index is 0.0128. The highest BCUT2D eigenvalue weighted by atomic mass is 79.9. The fraction of sp³-hybridized carbons (Fsp3) is 0.0833. The Bertz CT molecular complexity index is 1060. The molecule has 3 aromatic carbocycles. The number of halogens is 3. The summed E-state index contributed by atoms with van der Waals surface area (Å²) in [7, 11) is 0. The summed E-state index contributed by atoms with van der Waals surface area (Å²) in [6.07, 6.45) is 1.67. The van der Waals surface area contributed by atoms with Crippen LogP contribution in [0.15, 0.2) is 92.3 Å². The largest absolute Gasteiger partial charge is 0.295 e. The van der Waals surface area contributed by atoms with Crippen LogP contribution in [0, 0.1) is 0 Å². The Kier molecular flexibility index (Phi) is 9.21. The summed E-state index contributed by atoms with van der Waals surface area (Å²) in [6, 6.07) is 22.7. The number of rotatable bonds is 4. The molecule has 0 aliphatic carbocycles. The van der Waals surface area contributed by atoms with Crippen LogP contribution in [0.3, 0.4) is 0 Å². The molecule has 0 atom stereocenters. The van der Waals surface area contributed by atoms with E-state index in [-0.39, 0.29) is 11.6 Å². The molecule has 2 nitrogen and oxygen atoms in total. The van der Waals surface area contributed by atoms with Crippen LogP contribution in [0.25, 0.3) is 5.57 Å². The van der Waals surface area contributed by atoms with Gasteiger partial charge in [-0.2, -0.15) is 0 Å². The lowest BCUT2D eigenvalue weighted by atomic mass is 10.0. The average Bonchev–Trinajstić information content (AvgIpc) is 2.68. The van der Waals surface area contributed by atoms with E-state index in [1.807, 2.05) is 73.7 Å². The standard InChI is InChI=1S/C16H12Br2O.C8H7BrO/c1-11(12-4-2-6-14(17)9-12)8-16(19)13-5-3-7-15(18)10-13;1-6(10)7-3-2-4-8(9)5-7/h2-10H,1H3;2-5H,1H3/b11-8+;. The zero-order chi connectivity index (χ0) is 21.4. The molecule has 0 radical (unpaired) electrons. The van der Waals surface area contributed by atoms with Crippen molar-refractivity contribution in [3.05, 3.63) is 109 Å². The van der Waals surface area contributed by atoms with E-state index in [2.05, 4.69) is 47.8 Å². The molecule has 0 saturated heterocycles. The van der Waals surface area contributed by atoms with Gasteiger partial charge >= 0.3 is 0 Å². The molecule has 0 aliphatic rings. The van der Waals surface area contributed by atoms with Crippen molar-refractivity contribution in [3.63, 3.8) is 0 Å². The number of hydrogen-bond acceptors (Lipinski definition) is 2. The monoisotopic (exact) mass is 576 g/mol. The zero-order valence-corrected chi connectivity index (χ0v) is 20.7. The summed E-state index contributed by atoms with van der Waals surface area (Å²) in [6.45, 7) is 3.50. The van der Waals surface area contributed by atoms with Gasteiger partial charge < -0.3 is 0 Å². The first-order valence-electron chi connectivity index (χ1n) is 8.77. The lowest BCUT2D eigenvalue weighted by Crippen LogP contribution is -1.95. The highest BCUT2D eigenvalue weighted by Crippen LogP contribution is 2.20. The van der Waals surface area contributed by atoms with Gasteiger partial charge in [-0.15, -0.1) is 0 Å². The van der Waals surface area contributed by atoms with Crippen LogP contribution in [0.1, 0.15) is 40.1 Å². The number of ketones is 2. The van der Waals surface area contributed by atoms with E-state index in [0.29, 0.717) is 5.56 Å². The van der Waals surface area contributed by atoms with E-state index >= 15 is 0 Å². The molecule has 0 saturated carbocycles. The van der Waals surface area contributed by atoms with Crippen LogP contribution in [0.2, 0.25) is 0 Å². The Hall–Kier alpha value is -1.82. The Morgan fingerprint density at radius 1 is 0.655 bits per heavy atom. The van der Waals surface area contributed by atoms with Crippen molar-refractivity contribution in [1.29, 1.82) is 0 Å². The molecule has 0 aliphatic heterocycles. The third-order valence-corrected chi connectivity index (χ3v) is 5.45. The Morgan fingerprint density at radius 2 is 1.07 bits per heavy atom. The van der Waals surface area contributed by atoms with Crippen molar-refractivity contribution in [2.24, 2.45) is 0 Å². The van der Waals surface area contributed by atoms with Crippen molar-refractivity contribution < 1.29 is 9.59 Å². The maximum absolute atomic E-state index is 12.2. The van der Waals surface area contributed by atoms with E-state index in [4.69, 9.17) is 0 Å². The molecule has 0 aromatic heterocycles. The summed E-state index contributed by atoms with van der Waals surface area (Å²) >= 11 is 10.1. The molecule has 29 heavy (non-hydrogen) atoms. The normalized spacial score (nSPS) is 10.7. The quantitative estimate of drug-likeness (QED) is 0.231. The Balaban J connectivity index is 0.000000253. The third kappa shape index (κ3) is 7.84. The maximum atomic E-state index is 12.2. The van der Waals surface area contributed by atoms with Crippen molar-refractivity contribution in [2.75, 3.05) is 0 Å². The van der Waals surface area contributed by atoms with Gasteiger partial charge in [0.15, 0.2) is 11.6 Å². The molecule has 3 rings (SSSR count). The second kappa shape index (κ2) is 11.4. The highest BCUT2D eigenvalue weighted by Gasteiger charge is 2.05. The van der Waals surface area contributed by atoms with Gasteiger partial charge in [0.1, 0.15) is 0 Å². The van der Waals surface area contributed by atoms with E-state index in [1.165, 1.54) is 0 Å².